The van der Waals surface area contributed by atoms with Crippen molar-refractivity contribution in [2.75, 3.05) is 13.2 Å². The summed E-state index contributed by atoms with van der Waals surface area (Å²) in [5, 5.41) is 11.0. The summed E-state index contributed by atoms with van der Waals surface area (Å²) in [6.45, 7) is 3.53. The first-order chi connectivity index (χ1) is 22.8. The van der Waals surface area contributed by atoms with Crippen LogP contribution in [0.3, 0.4) is 0 Å². The number of guanidine groups is 1. The molecule has 0 radical (unpaired) electrons. The number of ether oxygens (including phenoxy) is 1. The molecule has 0 saturated heterocycles. The predicted octanol–water partition coefficient (Wildman–Crippen LogP) is 6.22. The van der Waals surface area contributed by atoms with Gasteiger partial charge in [0.05, 0.1) is 17.3 Å². The standard InChI is InChI=1S/C33H38ClF2N9O3/c1-33(2,3)13-14-38-31(37)45(29(46)21-7-5-20(6-8-21)23-16-40-44(17-23)30(35)36)27(18-48-32(47)42-24-10-11-24)22-9-12-26(34)25(15-22)28-39-19-41-43(28)4/h5-9,12,15-17,19,24,27,30H,10-11,13-14,18H2,1-4H3,(H2,37,38)(H,42,47)/t27-/m1/s1. The Bertz CT molecular complexity index is 1780. The second-order valence-electron chi connectivity index (χ2n) is 12.8. The van der Waals surface area contributed by atoms with Gasteiger partial charge in [-0.05, 0) is 60.1 Å². The number of nitrogens with one attached hydrogen (secondary N) is 1. The number of aryl methyl sites for hydroxylation is 1. The minimum absolute atomic E-state index is 0.0445. The van der Waals surface area contributed by atoms with Gasteiger partial charge in [0.25, 0.3) is 5.91 Å². The van der Waals surface area contributed by atoms with Crippen molar-refractivity contribution in [1.82, 2.24) is 34.8 Å². The Morgan fingerprint density at radius 1 is 1.15 bits per heavy atom. The lowest BCUT2D eigenvalue weighted by atomic mass is 9.92. The Balaban J connectivity index is 1.55. The van der Waals surface area contributed by atoms with Crippen LogP contribution in [-0.2, 0) is 11.8 Å². The average Bonchev–Trinajstić information content (AvgIpc) is 3.51. The summed E-state index contributed by atoms with van der Waals surface area (Å²) in [5.74, 6) is -0.102. The van der Waals surface area contributed by atoms with Crippen LogP contribution < -0.4 is 11.1 Å². The number of halogens is 3. The van der Waals surface area contributed by atoms with Gasteiger partial charge in [-0.2, -0.15) is 19.0 Å². The molecule has 1 aliphatic rings. The van der Waals surface area contributed by atoms with Gasteiger partial charge in [0.1, 0.15) is 12.9 Å². The molecule has 3 N–H and O–H groups in total. The van der Waals surface area contributed by atoms with Crippen molar-refractivity contribution in [3.05, 3.63) is 77.3 Å². The van der Waals surface area contributed by atoms with Crippen molar-refractivity contribution < 1.29 is 23.1 Å². The molecule has 2 aromatic heterocycles. The molecule has 1 saturated carbocycles. The van der Waals surface area contributed by atoms with Crippen LogP contribution in [0.4, 0.5) is 13.6 Å². The highest BCUT2D eigenvalue weighted by atomic mass is 35.5. The van der Waals surface area contributed by atoms with Gasteiger partial charge in [0.2, 0.25) is 0 Å². The van der Waals surface area contributed by atoms with Gasteiger partial charge in [-0.15, -0.1) is 0 Å². The molecule has 15 heteroatoms. The molecule has 12 nitrogen and oxygen atoms in total. The zero-order valence-electron chi connectivity index (χ0n) is 27.1. The highest BCUT2D eigenvalue weighted by molar-refractivity contribution is 6.33. The van der Waals surface area contributed by atoms with Crippen molar-refractivity contribution in [2.24, 2.45) is 23.2 Å². The summed E-state index contributed by atoms with van der Waals surface area (Å²) in [7, 11) is 1.73. The molecular formula is C33H38ClF2N9O3. The van der Waals surface area contributed by atoms with Crippen LogP contribution in [0, 0.1) is 5.41 Å². The molecule has 1 atom stereocenters. The van der Waals surface area contributed by atoms with Crippen LogP contribution in [0.25, 0.3) is 22.5 Å². The number of amides is 2. The fourth-order valence-corrected chi connectivity index (χ4v) is 5.10. The van der Waals surface area contributed by atoms with Crippen molar-refractivity contribution >= 4 is 29.6 Å². The van der Waals surface area contributed by atoms with E-state index in [1.165, 1.54) is 23.6 Å². The van der Waals surface area contributed by atoms with Crippen molar-refractivity contribution in [1.29, 1.82) is 0 Å². The molecule has 5 rings (SSSR count). The lowest BCUT2D eigenvalue weighted by molar-refractivity contribution is 0.0566. The molecule has 0 spiro atoms. The summed E-state index contributed by atoms with van der Waals surface area (Å²) >= 11 is 6.60. The summed E-state index contributed by atoms with van der Waals surface area (Å²) in [5.41, 5.74) is 8.96. The first-order valence-electron chi connectivity index (χ1n) is 15.4. The third-order valence-electron chi connectivity index (χ3n) is 7.78. The lowest BCUT2D eigenvalue weighted by Crippen LogP contribution is -2.46. The second kappa shape index (κ2) is 14.5. The number of nitrogens with two attached hydrogens (primary N) is 1. The molecule has 0 unspecified atom stereocenters. The number of benzene rings is 2. The van der Waals surface area contributed by atoms with E-state index in [0.717, 1.165) is 12.8 Å². The maximum Gasteiger partial charge on any atom is 0.407 e. The van der Waals surface area contributed by atoms with E-state index in [2.05, 4.69) is 46.3 Å². The van der Waals surface area contributed by atoms with E-state index < -0.39 is 24.6 Å². The van der Waals surface area contributed by atoms with Crippen LogP contribution in [0.15, 0.2) is 66.2 Å². The topological polar surface area (TPSA) is 146 Å². The fourth-order valence-electron chi connectivity index (χ4n) is 4.90. The Morgan fingerprint density at radius 3 is 2.48 bits per heavy atom. The maximum atomic E-state index is 14.4. The van der Waals surface area contributed by atoms with E-state index >= 15 is 0 Å². The smallest absolute Gasteiger partial charge is 0.407 e. The number of carbonyl (C=O) groups excluding carboxylic acids is 2. The number of rotatable bonds is 11. The number of hydrogen-bond donors (Lipinski definition) is 2. The van der Waals surface area contributed by atoms with Gasteiger partial charge in [-0.25, -0.2) is 19.1 Å². The molecule has 0 aliphatic heterocycles. The molecular weight excluding hydrogens is 644 g/mol. The van der Waals surface area contributed by atoms with Crippen LogP contribution in [-0.4, -0.2) is 66.6 Å². The SMILES string of the molecule is Cn1ncnc1-c1cc([C@@H](COC(=O)NC2CC2)N(C(=O)c2ccc(-c3cnn(C(F)F)c3)cc2)C(N)=NCCC(C)(C)C)ccc1Cl. The molecule has 2 amide bonds. The summed E-state index contributed by atoms with van der Waals surface area (Å²) in [4.78, 5) is 37.3. The number of hydrogen-bond acceptors (Lipinski definition) is 7. The van der Waals surface area contributed by atoms with Gasteiger partial charge >= 0.3 is 12.6 Å². The summed E-state index contributed by atoms with van der Waals surface area (Å²) < 4.78 is 34.0. The van der Waals surface area contributed by atoms with Crippen LogP contribution >= 0.6 is 11.6 Å². The Kier molecular flexibility index (Phi) is 10.4. The minimum Gasteiger partial charge on any atom is -0.447 e. The minimum atomic E-state index is -2.78. The lowest BCUT2D eigenvalue weighted by Gasteiger charge is -2.31. The average molecular weight is 682 g/mol. The van der Waals surface area contributed by atoms with Crippen LogP contribution in [0.2, 0.25) is 5.02 Å². The third kappa shape index (κ3) is 8.54. The third-order valence-corrected chi connectivity index (χ3v) is 8.11. The monoisotopic (exact) mass is 681 g/mol. The second-order valence-corrected chi connectivity index (χ2v) is 13.2. The molecule has 2 heterocycles. The van der Waals surface area contributed by atoms with Crippen LogP contribution in [0.5, 0.6) is 0 Å². The largest absolute Gasteiger partial charge is 0.447 e. The van der Waals surface area contributed by atoms with E-state index in [9.17, 15) is 18.4 Å². The van der Waals surface area contributed by atoms with E-state index in [0.29, 0.717) is 50.7 Å². The van der Waals surface area contributed by atoms with E-state index in [1.54, 1.807) is 54.2 Å². The number of carbonyl (C=O) groups is 2. The normalized spacial score (nSPS) is 14.2. The number of alkyl halides is 2. The zero-order chi connectivity index (χ0) is 34.6. The van der Waals surface area contributed by atoms with Gasteiger partial charge in [0, 0.05) is 42.5 Å². The number of aromatic nitrogens is 5. The molecule has 1 aliphatic carbocycles. The molecule has 0 bridgehead atoms. The quantitative estimate of drug-likeness (QED) is 0.141. The van der Waals surface area contributed by atoms with Crippen molar-refractivity contribution in [2.45, 2.75) is 58.7 Å². The van der Waals surface area contributed by atoms with E-state index in [4.69, 9.17) is 22.1 Å². The fraction of sp³-hybridized carbons (Fsp3) is 0.394. The van der Waals surface area contributed by atoms with E-state index in [1.807, 2.05) is 0 Å². The summed E-state index contributed by atoms with van der Waals surface area (Å²) in [6, 6.07) is 10.7. The predicted molar refractivity (Wildman–Crippen MR) is 177 cm³/mol. The zero-order valence-corrected chi connectivity index (χ0v) is 27.9. The highest BCUT2D eigenvalue weighted by Gasteiger charge is 2.33. The number of alkyl carbamates (subject to hydrolysis) is 1. The molecule has 4 aromatic rings. The van der Waals surface area contributed by atoms with E-state index in [-0.39, 0.29) is 29.6 Å². The molecule has 2 aromatic carbocycles. The van der Waals surface area contributed by atoms with Crippen molar-refractivity contribution in [3.8, 4) is 22.5 Å². The number of aliphatic imine (C=N–C) groups is 1. The first-order valence-corrected chi connectivity index (χ1v) is 15.8. The Hall–Kier alpha value is -4.85. The Labute approximate surface area is 281 Å². The van der Waals surface area contributed by atoms with Crippen molar-refractivity contribution in [3.63, 3.8) is 0 Å². The van der Waals surface area contributed by atoms with Gasteiger partial charge in [-0.1, -0.05) is 50.6 Å². The Morgan fingerprint density at radius 2 is 1.88 bits per heavy atom. The van der Waals surface area contributed by atoms with Gasteiger partial charge < -0.3 is 15.8 Å². The number of nitrogens with zero attached hydrogens (tertiary/aromatic N) is 7. The maximum absolute atomic E-state index is 14.4. The first kappa shape index (κ1) is 34.5. The highest BCUT2D eigenvalue weighted by Crippen LogP contribution is 2.33. The summed E-state index contributed by atoms with van der Waals surface area (Å²) in [6.07, 6.45) is 5.77. The van der Waals surface area contributed by atoms with Crippen LogP contribution in [0.1, 0.15) is 68.5 Å². The molecule has 48 heavy (non-hydrogen) atoms. The van der Waals surface area contributed by atoms with Gasteiger partial charge in [0.15, 0.2) is 11.8 Å². The molecule has 1 fully saturated rings. The molecule has 254 valence electrons. The van der Waals surface area contributed by atoms with Gasteiger partial charge in [-0.3, -0.25) is 14.7 Å².